The molecule has 0 bridgehead atoms. The molecule has 0 saturated heterocycles. The number of nitrogens with one attached hydrogen (secondary N) is 1. The Balaban J connectivity index is 1.49. The fraction of sp³-hybridized carbons (Fsp3) is 0.281. The summed E-state index contributed by atoms with van der Waals surface area (Å²) >= 11 is 1.49. The Morgan fingerprint density at radius 3 is 2.67 bits per heavy atom. The first-order valence-corrected chi connectivity index (χ1v) is 14.4. The van der Waals surface area contributed by atoms with Crippen LogP contribution >= 0.6 is 11.3 Å². The molecule has 4 rings (SSSR count). The molecule has 0 atom stereocenters. The van der Waals surface area contributed by atoms with Gasteiger partial charge in [0.05, 0.1) is 27.4 Å². The number of halogens is 1. The second-order valence-corrected chi connectivity index (χ2v) is 10.5. The average Bonchev–Trinajstić information content (AvgIpc) is 3.45. The van der Waals surface area contributed by atoms with E-state index in [9.17, 15) is 9.18 Å². The summed E-state index contributed by atoms with van der Waals surface area (Å²) in [5, 5.41) is 2.91. The molecule has 42 heavy (non-hydrogen) atoms. The highest BCUT2D eigenvalue weighted by Crippen LogP contribution is 2.36. The van der Waals surface area contributed by atoms with Crippen molar-refractivity contribution in [3.63, 3.8) is 0 Å². The summed E-state index contributed by atoms with van der Waals surface area (Å²) in [6, 6.07) is 18.0. The molecule has 220 valence electrons. The molecule has 0 aliphatic carbocycles. The third-order valence-electron chi connectivity index (χ3n) is 6.35. The third kappa shape index (κ3) is 8.14. The van der Waals surface area contributed by atoms with Crippen molar-refractivity contribution in [2.45, 2.75) is 26.9 Å². The van der Waals surface area contributed by atoms with Crippen LogP contribution in [0.1, 0.15) is 30.7 Å². The zero-order chi connectivity index (χ0) is 29.9. The van der Waals surface area contributed by atoms with E-state index in [-0.39, 0.29) is 12.4 Å². The number of carbonyl (C=O) groups is 1. The van der Waals surface area contributed by atoms with Crippen LogP contribution in [0, 0.1) is 5.82 Å². The lowest BCUT2D eigenvalue weighted by Crippen LogP contribution is -2.35. The van der Waals surface area contributed by atoms with Gasteiger partial charge in [-0.3, -0.25) is 9.98 Å². The number of fused-ring (bicyclic) bond motifs is 1. The minimum absolute atomic E-state index is 0.139. The number of benzene rings is 2. The average molecular weight is 591 g/mol. The van der Waals surface area contributed by atoms with Crippen LogP contribution in [0.5, 0.6) is 11.5 Å². The van der Waals surface area contributed by atoms with Crippen molar-refractivity contribution >= 4 is 39.0 Å². The quantitative estimate of drug-likeness (QED) is 0.161. The zero-order valence-corrected chi connectivity index (χ0v) is 25.0. The number of pyridine rings is 1. The second kappa shape index (κ2) is 15.1. The molecule has 0 unspecified atom stereocenters. The molecule has 2 heterocycles. The van der Waals surface area contributed by atoms with Crippen molar-refractivity contribution in [3.05, 3.63) is 94.9 Å². The number of aromatic nitrogens is 1. The van der Waals surface area contributed by atoms with Gasteiger partial charge < -0.3 is 24.4 Å². The van der Waals surface area contributed by atoms with Crippen molar-refractivity contribution in [1.29, 1.82) is 0 Å². The van der Waals surface area contributed by atoms with Gasteiger partial charge in [-0.05, 0) is 42.7 Å². The highest BCUT2D eigenvalue weighted by molar-refractivity contribution is 7.21. The molecule has 0 radical (unpaired) electrons. The maximum Gasteiger partial charge on any atom is 0.410 e. The summed E-state index contributed by atoms with van der Waals surface area (Å²) in [4.78, 5) is 24.6. The molecule has 1 N–H and O–H groups in total. The molecule has 0 fully saturated rings. The van der Waals surface area contributed by atoms with Gasteiger partial charge in [-0.1, -0.05) is 37.3 Å². The van der Waals surface area contributed by atoms with E-state index in [2.05, 4.69) is 10.3 Å². The largest absolute Gasteiger partial charge is 0.453 e. The zero-order valence-electron chi connectivity index (χ0n) is 24.2. The van der Waals surface area contributed by atoms with Crippen LogP contribution in [0.15, 0.2) is 83.6 Å². The molecule has 8 nitrogen and oxygen atoms in total. The minimum Gasteiger partial charge on any atom is -0.453 e. The van der Waals surface area contributed by atoms with Crippen molar-refractivity contribution in [2.24, 2.45) is 4.99 Å². The van der Waals surface area contributed by atoms with Crippen molar-refractivity contribution in [3.8, 4) is 11.5 Å². The van der Waals surface area contributed by atoms with E-state index in [1.807, 2.05) is 50.2 Å². The van der Waals surface area contributed by atoms with E-state index in [1.165, 1.54) is 17.4 Å². The Bertz CT molecular complexity index is 1550. The number of carbonyl (C=O) groups excluding carboxylic acids is 1. The summed E-state index contributed by atoms with van der Waals surface area (Å²) in [5.74, 6) is 0.209. The van der Waals surface area contributed by atoms with Crippen molar-refractivity contribution in [1.82, 2.24) is 9.88 Å². The van der Waals surface area contributed by atoms with Gasteiger partial charge in [0.15, 0.2) is 11.6 Å². The standard InChI is InChI=1S/C32H35FN4O4S/c1-5-26(36-19-22(2)20-37(15-16-39-4)32(38)40-21-23-9-7-6-8-10-23)30-18-27-31(42-30)29(13-14-35-27)41-28-12-11-24(34-3)17-25(28)33/h6-14,17-19,34H,5,15-16,20-21H2,1-4H3/b22-19+,36-26+. The number of amides is 1. The van der Waals surface area contributed by atoms with Crippen LogP contribution in [-0.2, 0) is 16.1 Å². The third-order valence-corrected chi connectivity index (χ3v) is 7.53. The van der Waals surface area contributed by atoms with E-state index in [1.54, 1.807) is 49.7 Å². The number of rotatable bonds is 13. The Morgan fingerprint density at radius 1 is 1.14 bits per heavy atom. The molecule has 2 aromatic carbocycles. The highest BCUT2D eigenvalue weighted by atomic mass is 32.1. The predicted octanol–water partition coefficient (Wildman–Crippen LogP) is 7.66. The molecule has 10 heteroatoms. The monoisotopic (exact) mass is 590 g/mol. The van der Waals surface area contributed by atoms with Crippen LogP contribution in [0.2, 0.25) is 0 Å². The van der Waals surface area contributed by atoms with Gasteiger partial charge in [-0.2, -0.15) is 0 Å². The van der Waals surface area contributed by atoms with Crippen LogP contribution in [0.4, 0.5) is 14.9 Å². The van der Waals surface area contributed by atoms with Gasteiger partial charge in [0.2, 0.25) is 0 Å². The Kier molecular flexibility index (Phi) is 11.0. The summed E-state index contributed by atoms with van der Waals surface area (Å²) in [5.41, 5.74) is 4.08. The topological polar surface area (TPSA) is 85.3 Å². The molecule has 4 aromatic rings. The smallest absolute Gasteiger partial charge is 0.410 e. The van der Waals surface area contributed by atoms with Crippen LogP contribution in [0.3, 0.4) is 0 Å². The number of anilines is 1. The van der Waals surface area contributed by atoms with E-state index in [0.29, 0.717) is 37.6 Å². The summed E-state index contributed by atoms with van der Waals surface area (Å²) in [7, 11) is 3.33. The molecule has 0 aliphatic heterocycles. The second-order valence-electron chi connectivity index (χ2n) is 9.49. The van der Waals surface area contributed by atoms with Crippen LogP contribution in [-0.4, -0.2) is 55.5 Å². The van der Waals surface area contributed by atoms with E-state index < -0.39 is 11.9 Å². The fourth-order valence-electron chi connectivity index (χ4n) is 4.10. The van der Waals surface area contributed by atoms with Crippen molar-refractivity contribution in [2.75, 3.05) is 39.2 Å². The van der Waals surface area contributed by atoms with Crippen LogP contribution in [0.25, 0.3) is 10.2 Å². The Labute approximate surface area is 249 Å². The first-order valence-electron chi connectivity index (χ1n) is 13.6. The lowest BCUT2D eigenvalue weighted by atomic mass is 10.2. The van der Waals surface area contributed by atoms with Gasteiger partial charge in [0.1, 0.15) is 12.4 Å². The molecular formula is C32H35FN4O4S. The molecule has 2 aromatic heterocycles. The lowest BCUT2D eigenvalue weighted by molar-refractivity contribution is 0.0858. The highest BCUT2D eigenvalue weighted by Gasteiger charge is 2.17. The number of hydrogen-bond donors (Lipinski definition) is 1. The maximum atomic E-state index is 14.6. The number of thiophene rings is 1. The Hall–Kier alpha value is -4.28. The molecule has 0 spiro atoms. The van der Waals surface area contributed by atoms with E-state index in [0.717, 1.165) is 31.9 Å². The van der Waals surface area contributed by atoms with Crippen molar-refractivity contribution < 1.29 is 23.4 Å². The summed E-state index contributed by atoms with van der Waals surface area (Å²) < 4.78 is 32.1. The van der Waals surface area contributed by atoms with E-state index >= 15 is 0 Å². The van der Waals surface area contributed by atoms with Gasteiger partial charge in [0.25, 0.3) is 0 Å². The first-order chi connectivity index (χ1) is 20.4. The minimum atomic E-state index is -0.455. The van der Waals surface area contributed by atoms with Gasteiger partial charge in [-0.15, -0.1) is 11.3 Å². The van der Waals surface area contributed by atoms with Gasteiger partial charge in [0, 0.05) is 57.5 Å². The van der Waals surface area contributed by atoms with Crippen LogP contribution < -0.4 is 10.1 Å². The number of aliphatic imine (C=N–C) groups is 1. The number of nitrogens with zero attached hydrogens (tertiary/aromatic N) is 3. The summed E-state index contributed by atoms with van der Waals surface area (Å²) in [6.07, 6.45) is 3.69. The SMILES string of the molecule is CC/C(=N\C=C(/C)CN(CCOC)C(=O)OCc1ccccc1)c1cc2nccc(Oc3ccc(NC)cc3F)c2s1. The molecular weight excluding hydrogens is 555 g/mol. The number of ether oxygens (including phenoxy) is 3. The lowest BCUT2D eigenvalue weighted by Gasteiger charge is -2.22. The van der Waals surface area contributed by atoms with E-state index in [4.69, 9.17) is 19.2 Å². The molecule has 0 aliphatic rings. The predicted molar refractivity (Wildman–Crippen MR) is 166 cm³/mol. The first kappa shape index (κ1) is 30.7. The molecule has 0 saturated carbocycles. The normalized spacial score (nSPS) is 11.9. The van der Waals surface area contributed by atoms with Gasteiger partial charge in [-0.25, -0.2) is 9.18 Å². The summed E-state index contributed by atoms with van der Waals surface area (Å²) in [6.45, 7) is 5.28. The maximum absolute atomic E-state index is 14.6. The Morgan fingerprint density at radius 2 is 1.95 bits per heavy atom. The number of hydrogen-bond acceptors (Lipinski definition) is 8. The fourth-order valence-corrected chi connectivity index (χ4v) is 5.23. The van der Waals surface area contributed by atoms with Gasteiger partial charge >= 0.3 is 6.09 Å². The number of methoxy groups -OCH3 is 1. The molecule has 1 amide bonds.